The van der Waals surface area contributed by atoms with E-state index in [1.807, 2.05) is 35.4 Å². The van der Waals surface area contributed by atoms with Crippen molar-refractivity contribution in [3.8, 4) is 5.75 Å². The number of ether oxygens (including phenoxy) is 1. The van der Waals surface area contributed by atoms with Crippen molar-refractivity contribution in [3.63, 3.8) is 0 Å². The van der Waals surface area contributed by atoms with E-state index in [2.05, 4.69) is 0 Å². The summed E-state index contributed by atoms with van der Waals surface area (Å²) in [6.07, 6.45) is 2.24. The number of methoxy groups -OCH3 is 1. The van der Waals surface area contributed by atoms with E-state index in [4.69, 9.17) is 4.74 Å². The van der Waals surface area contributed by atoms with Gasteiger partial charge >= 0.3 is 4.87 Å². The molecule has 0 bridgehead atoms. The third-order valence-electron chi connectivity index (χ3n) is 4.23. The standard InChI is InChI=1S/C17H20N2O3S/c1-12-11-23-17(21)18(12)9-7-16(20)19-8-3-4-13-10-14(22-2)5-6-15(13)19/h5-6,10-11H,3-4,7-9H2,1-2H3. The van der Waals surface area contributed by atoms with Gasteiger partial charge < -0.3 is 14.2 Å². The number of rotatable bonds is 4. The van der Waals surface area contributed by atoms with E-state index >= 15 is 0 Å². The molecule has 1 aliphatic heterocycles. The molecule has 0 saturated carbocycles. The van der Waals surface area contributed by atoms with E-state index in [0.29, 0.717) is 13.0 Å². The van der Waals surface area contributed by atoms with Gasteiger partial charge in [0.15, 0.2) is 0 Å². The van der Waals surface area contributed by atoms with Gasteiger partial charge in [-0.15, -0.1) is 0 Å². The number of aromatic nitrogens is 1. The van der Waals surface area contributed by atoms with Crippen LogP contribution in [0.5, 0.6) is 5.75 Å². The topological polar surface area (TPSA) is 51.5 Å². The number of anilines is 1. The second-order valence-corrected chi connectivity index (χ2v) is 6.51. The van der Waals surface area contributed by atoms with Gasteiger partial charge in [0.1, 0.15) is 5.75 Å². The highest BCUT2D eigenvalue weighted by molar-refractivity contribution is 7.07. The Hall–Kier alpha value is -2.08. The molecule has 1 aliphatic rings. The maximum absolute atomic E-state index is 12.6. The van der Waals surface area contributed by atoms with Crippen LogP contribution in [0.15, 0.2) is 28.4 Å². The second kappa shape index (κ2) is 6.58. The Balaban J connectivity index is 1.75. The van der Waals surface area contributed by atoms with Gasteiger partial charge in [0, 0.05) is 36.3 Å². The molecule has 0 fully saturated rings. The number of carbonyl (C=O) groups excluding carboxylic acids is 1. The lowest BCUT2D eigenvalue weighted by molar-refractivity contribution is -0.118. The maximum Gasteiger partial charge on any atom is 0.307 e. The Morgan fingerprint density at radius 2 is 2.22 bits per heavy atom. The molecule has 6 heteroatoms. The molecule has 0 saturated heterocycles. The quantitative estimate of drug-likeness (QED) is 0.865. The number of aryl methyl sites for hydroxylation is 2. The molecule has 0 unspecified atom stereocenters. The fourth-order valence-electron chi connectivity index (χ4n) is 2.98. The number of thiazole rings is 1. The van der Waals surface area contributed by atoms with E-state index in [0.717, 1.165) is 42.1 Å². The maximum atomic E-state index is 12.6. The molecule has 0 radical (unpaired) electrons. The van der Waals surface area contributed by atoms with E-state index in [-0.39, 0.29) is 10.8 Å². The molecule has 2 aromatic rings. The second-order valence-electron chi connectivity index (χ2n) is 5.69. The highest BCUT2D eigenvalue weighted by Gasteiger charge is 2.23. The smallest absolute Gasteiger partial charge is 0.307 e. The molecule has 0 spiro atoms. The van der Waals surface area contributed by atoms with Gasteiger partial charge in [-0.25, -0.2) is 0 Å². The van der Waals surface area contributed by atoms with Crippen molar-refractivity contribution in [3.05, 3.63) is 44.5 Å². The molecule has 3 rings (SSSR count). The molecule has 1 aromatic heterocycles. The summed E-state index contributed by atoms with van der Waals surface area (Å²) in [7, 11) is 1.65. The molecule has 2 heterocycles. The minimum atomic E-state index is -0.000851. The zero-order valence-electron chi connectivity index (χ0n) is 13.4. The first-order valence-corrected chi connectivity index (χ1v) is 8.60. The van der Waals surface area contributed by atoms with Crippen LogP contribution in [0.4, 0.5) is 5.69 Å². The monoisotopic (exact) mass is 332 g/mol. The van der Waals surface area contributed by atoms with E-state index in [1.165, 1.54) is 11.3 Å². The predicted molar refractivity (Wildman–Crippen MR) is 91.6 cm³/mol. The van der Waals surface area contributed by atoms with Crippen LogP contribution in [0.3, 0.4) is 0 Å². The zero-order chi connectivity index (χ0) is 16.4. The lowest BCUT2D eigenvalue weighted by atomic mass is 10.0. The number of fused-ring (bicyclic) bond motifs is 1. The Kier molecular flexibility index (Phi) is 4.52. The number of nitrogens with zero attached hydrogens (tertiary/aromatic N) is 2. The highest BCUT2D eigenvalue weighted by Crippen LogP contribution is 2.30. The molecule has 1 amide bonds. The summed E-state index contributed by atoms with van der Waals surface area (Å²) in [5.41, 5.74) is 3.03. The number of hydrogen-bond donors (Lipinski definition) is 0. The molecule has 0 N–H and O–H groups in total. The van der Waals surface area contributed by atoms with Crippen LogP contribution in [0, 0.1) is 6.92 Å². The normalized spacial score (nSPS) is 13.7. The fourth-order valence-corrected chi connectivity index (χ4v) is 3.74. The minimum Gasteiger partial charge on any atom is -0.497 e. The molecule has 23 heavy (non-hydrogen) atoms. The molecular formula is C17H20N2O3S. The third-order valence-corrected chi connectivity index (χ3v) is 5.11. The average Bonchev–Trinajstić information content (AvgIpc) is 2.89. The zero-order valence-corrected chi connectivity index (χ0v) is 14.2. The average molecular weight is 332 g/mol. The van der Waals surface area contributed by atoms with Gasteiger partial charge in [-0.05, 0) is 43.5 Å². The van der Waals surface area contributed by atoms with Gasteiger partial charge in [-0.3, -0.25) is 9.59 Å². The summed E-state index contributed by atoms with van der Waals surface area (Å²) in [6.45, 7) is 3.06. The predicted octanol–water partition coefficient (Wildman–Crippen LogP) is 2.60. The largest absolute Gasteiger partial charge is 0.497 e. The molecule has 0 atom stereocenters. The number of benzene rings is 1. The summed E-state index contributed by atoms with van der Waals surface area (Å²) >= 11 is 1.18. The first-order valence-electron chi connectivity index (χ1n) is 7.72. The summed E-state index contributed by atoms with van der Waals surface area (Å²) in [5.74, 6) is 0.882. The number of amides is 1. The van der Waals surface area contributed by atoms with Crippen molar-refractivity contribution in [2.45, 2.75) is 32.7 Å². The van der Waals surface area contributed by atoms with Gasteiger partial charge in [0.2, 0.25) is 5.91 Å². The van der Waals surface area contributed by atoms with E-state index < -0.39 is 0 Å². The van der Waals surface area contributed by atoms with Crippen LogP contribution >= 0.6 is 11.3 Å². The van der Waals surface area contributed by atoms with Crippen LogP contribution in [-0.4, -0.2) is 24.1 Å². The van der Waals surface area contributed by atoms with Crippen LogP contribution in [0.25, 0.3) is 0 Å². The van der Waals surface area contributed by atoms with Gasteiger partial charge in [0.25, 0.3) is 0 Å². The van der Waals surface area contributed by atoms with Crippen LogP contribution in [0.1, 0.15) is 24.1 Å². The van der Waals surface area contributed by atoms with Crippen molar-refractivity contribution in [2.24, 2.45) is 0 Å². The van der Waals surface area contributed by atoms with Crippen molar-refractivity contribution in [1.29, 1.82) is 0 Å². The summed E-state index contributed by atoms with van der Waals surface area (Å²) in [4.78, 5) is 26.2. The summed E-state index contributed by atoms with van der Waals surface area (Å²) in [5, 5.41) is 1.83. The van der Waals surface area contributed by atoms with Crippen molar-refractivity contribution >= 4 is 22.9 Å². The Bertz CT molecular complexity index is 778. The van der Waals surface area contributed by atoms with E-state index in [1.54, 1.807) is 11.7 Å². The van der Waals surface area contributed by atoms with Gasteiger partial charge in [0.05, 0.1) is 7.11 Å². The summed E-state index contributed by atoms with van der Waals surface area (Å²) in [6, 6.07) is 5.84. The minimum absolute atomic E-state index is 0.000851. The Morgan fingerprint density at radius 3 is 2.91 bits per heavy atom. The number of carbonyl (C=O) groups is 1. The molecule has 122 valence electrons. The number of hydrogen-bond acceptors (Lipinski definition) is 4. The molecule has 5 nitrogen and oxygen atoms in total. The highest BCUT2D eigenvalue weighted by atomic mass is 32.1. The van der Waals surface area contributed by atoms with Crippen LogP contribution in [-0.2, 0) is 17.8 Å². The Labute approximate surface area is 139 Å². The molecule has 0 aliphatic carbocycles. The van der Waals surface area contributed by atoms with Crippen LogP contribution < -0.4 is 14.5 Å². The third kappa shape index (κ3) is 3.17. The Morgan fingerprint density at radius 1 is 1.39 bits per heavy atom. The SMILES string of the molecule is COc1ccc2c(c1)CCCN2C(=O)CCn1c(C)csc1=O. The van der Waals surface area contributed by atoms with Gasteiger partial charge in [-0.2, -0.15) is 0 Å². The van der Waals surface area contributed by atoms with Crippen LogP contribution in [0.2, 0.25) is 0 Å². The first-order chi connectivity index (χ1) is 11.1. The van der Waals surface area contributed by atoms with Gasteiger partial charge in [-0.1, -0.05) is 11.3 Å². The first kappa shape index (κ1) is 15.8. The summed E-state index contributed by atoms with van der Waals surface area (Å²) < 4.78 is 6.93. The van der Waals surface area contributed by atoms with E-state index in [9.17, 15) is 9.59 Å². The molecule has 1 aromatic carbocycles. The van der Waals surface area contributed by atoms with Crippen molar-refractivity contribution in [2.75, 3.05) is 18.6 Å². The van der Waals surface area contributed by atoms with Crippen molar-refractivity contribution < 1.29 is 9.53 Å². The molecular weight excluding hydrogens is 312 g/mol. The van der Waals surface area contributed by atoms with Crippen molar-refractivity contribution in [1.82, 2.24) is 4.57 Å². The lowest BCUT2D eigenvalue weighted by Gasteiger charge is -2.30. The lowest BCUT2D eigenvalue weighted by Crippen LogP contribution is -2.36. The fraction of sp³-hybridized carbons (Fsp3) is 0.412.